The minimum atomic E-state index is 0.0287. The molecule has 4 rings (SSSR count). The van der Waals surface area contributed by atoms with Gasteiger partial charge in [0, 0.05) is 17.3 Å². The lowest BCUT2D eigenvalue weighted by Gasteiger charge is -2.41. The van der Waals surface area contributed by atoms with Gasteiger partial charge < -0.3 is 0 Å². The molecule has 0 N–H and O–H groups in total. The van der Waals surface area contributed by atoms with Crippen molar-refractivity contribution in [3.05, 3.63) is 64.1 Å². The molecule has 0 bridgehead atoms. The maximum atomic E-state index is 4.88. The molecule has 6 heteroatoms. The van der Waals surface area contributed by atoms with Crippen LogP contribution in [-0.2, 0) is 18.5 Å². The van der Waals surface area contributed by atoms with Crippen LogP contribution in [-0.4, -0.2) is 37.7 Å². The number of aryl methyl sites for hydroxylation is 2. The maximum absolute atomic E-state index is 4.88. The minimum absolute atomic E-state index is 0.0287. The number of thiazole rings is 1. The molecule has 1 aromatic carbocycles. The quantitative estimate of drug-likeness (QED) is 0.691. The van der Waals surface area contributed by atoms with Crippen molar-refractivity contribution in [3.8, 4) is 0 Å². The van der Waals surface area contributed by atoms with E-state index >= 15 is 0 Å². The third-order valence-corrected chi connectivity index (χ3v) is 6.28. The molecule has 0 saturated carbocycles. The number of hydrogen-bond donors (Lipinski definition) is 0. The molecule has 136 valence electrons. The molecule has 1 aliphatic heterocycles. The van der Waals surface area contributed by atoms with Gasteiger partial charge in [-0.05, 0) is 45.3 Å². The summed E-state index contributed by atoms with van der Waals surface area (Å²) in [7, 11) is 0. The summed E-state index contributed by atoms with van der Waals surface area (Å²) >= 11 is 1.75. The molecule has 0 amide bonds. The smallest absolute Gasteiger partial charge is 0.140 e. The van der Waals surface area contributed by atoms with Crippen LogP contribution >= 0.6 is 11.3 Å². The summed E-state index contributed by atoms with van der Waals surface area (Å²) in [5.41, 5.74) is 2.66. The van der Waals surface area contributed by atoms with Crippen LogP contribution in [0.3, 0.4) is 0 Å². The van der Waals surface area contributed by atoms with E-state index in [0.29, 0.717) is 0 Å². The molecule has 1 aliphatic rings. The number of benzene rings is 1. The van der Waals surface area contributed by atoms with Crippen LogP contribution < -0.4 is 0 Å². The highest BCUT2D eigenvalue weighted by atomic mass is 32.1. The monoisotopic (exact) mass is 367 g/mol. The third-order valence-electron chi connectivity index (χ3n) is 5.51. The summed E-state index contributed by atoms with van der Waals surface area (Å²) in [6.07, 6.45) is 3.83. The summed E-state index contributed by atoms with van der Waals surface area (Å²) in [5.74, 6) is 1.06. The van der Waals surface area contributed by atoms with Crippen molar-refractivity contribution in [2.24, 2.45) is 0 Å². The van der Waals surface area contributed by atoms with Crippen molar-refractivity contribution in [1.82, 2.24) is 24.6 Å². The van der Waals surface area contributed by atoms with Crippen molar-refractivity contribution < 1.29 is 0 Å². The van der Waals surface area contributed by atoms with Crippen LogP contribution in [0.15, 0.2) is 42.0 Å². The van der Waals surface area contributed by atoms with Gasteiger partial charge in [-0.25, -0.2) is 14.6 Å². The van der Waals surface area contributed by atoms with Crippen molar-refractivity contribution in [2.75, 3.05) is 13.1 Å². The third kappa shape index (κ3) is 3.19. The van der Waals surface area contributed by atoms with Gasteiger partial charge in [0.1, 0.15) is 12.2 Å². The zero-order valence-corrected chi connectivity index (χ0v) is 16.2. The van der Waals surface area contributed by atoms with Crippen LogP contribution in [0.2, 0.25) is 0 Å². The normalized spacial score (nSPS) is 17.5. The van der Waals surface area contributed by atoms with Crippen molar-refractivity contribution in [3.63, 3.8) is 0 Å². The summed E-state index contributed by atoms with van der Waals surface area (Å²) in [5, 5.41) is 7.70. The lowest BCUT2D eigenvalue weighted by molar-refractivity contribution is 0.164. The van der Waals surface area contributed by atoms with Crippen molar-refractivity contribution in [2.45, 2.75) is 45.2 Å². The van der Waals surface area contributed by atoms with Crippen LogP contribution in [0.1, 0.15) is 41.9 Å². The molecule has 0 aliphatic carbocycles. The number of aromatic nitrogens is 4. The second-order valence-corrected chi connectivity index (χ2v) is 8.03. The first kappa shape index (κ1) is 17.4. The van der Waals surface area contributed by atoms with Crippen LogP contribution in [0, 0.1) is 6.92 Å². The molecule has 0 radical (unpaired) electrons. The largest absolute Gasteiger partial charge is 0.296 e. The van der Waals surface area contributed by atoms with E-state index in [1.165, 1.54) is 11.3 Å². The van der Waals surface area contributed by atoms with Crippen LogP contribution in [0.5, 0.6) is 0 Å². The first-order valence-corrected chi connectivity index (χ1v) is 10.2. The molecule has 0 atom stereocenters. The van der Waals surface area contributed by atoms with E-state index in [4.69, 9.17) is 4.98 Å². The molecule has 3 heterocycles. The molecular formula is C20H25N5S. The molecule has 1 saturated heterocycles. The first-order chi connectivity index (χ1) is 12.7. The average molecular weight is 368 g/mol. The molecule has 1 fully saturated rings. The number of rotatable bonds is 5. The molecule has 26 heavy (non-hydrogen) atoms. The Morgan fingerprint density at radius 1 is 1.15 bits per heavy atom. The maximum Gasteiger partial charge on any atom is 0.140 e. The van der Waals surface area contributed by atoms with E-state index < -0.39 is 0 Å². The molecular weight excluding hydrogens is 342 g/mol. The van der Waals surface area contributed by atoms with Crippen molar-refractivity contribution in [1.29, 1.82) is 0 Å². The predicted octanol–water partition coefficient (Wildman–Crippen LogP) is 3.65. The molecule has 2 aromatic heterocycles. The van der Waals surface area contributed by atoms with Crippen molar-refractivity contribution >= 4 is 11.3 Å². The number of hydrogen-bond acceptors (Lipinski definition) is 5. The van der Waals surface area contributed by atoms with Gasteiger partial charge in [-0.1, -0.05) is 30.3 Å². The Labute approximate surface area is 158 Å². The topological polar surface area (TPSA) is 46.8 Å². The number of piperidine rings is 1. The summed E-state index contributed by atoms with van der Waals surface area (Å²) in [6.45, 7) is 8.03. The van der Waals surface area contributed by atoms with Gasteiger partial charge in [-0.2, -0.15) is 5.10 Å². The lowest BCUT2D eigenvalue weighted by atomic mass is 9.70. The molecule has 0 spiro atoms. The van der Waals surface area contributed by atoms with E-state index in [2.05, 4.69) is 64.5 Å². The Hall–Kier alpha value is -2.05. The Bertz CT molecular complexity index is 846. The van der Waals surface area contributed by atoms with E-state index in [0.717, 1.165) is 49.9 Å². The second-order valence-electron chi connectivity index (χ2n) is 6.97. The molecule has 5 nitrogen and oxygen atoms in total. The van der Waals surface area contributed by atoms with Gasteiger partial charge in [0.2, 0.25) is 0 Å². The Kier molecular flexibility index (Phi) is 4.87. The Balaban J connectivity index is 1.57. The van der Waals surface area contributed by atoms with E-state index in [1.807, 2.05) is 4.68 Å². The van der Waals surface area contributed by atoms with Crippen LogP contribution in [0.25, 0.3) is 0 Å². The van der Waals surface area contributed by atoms with Gasteiger partial charge >= 0.3 is 0 Å². The minimum Gasteiger partial charge on any atom is -0.296 e. The summed E-state index contributed by atoms with van der Waals surface area (Å²) in [4.78, 5) is 11.8. The highest BCUT2D eigenvalue weighted by Crippen LogP contribution is 2.42. The summed E-state index contributed by atoms with van der Waals surface area (Å²) in [6, 6.07) is 10.9. The van der Waals surface area contributed by atoms with E-state index in [9.17, 15) is 0 Å². The Morgan fingerprint density at radius 2 is 1.92 bits per heavy atom. The number of nitrogens with zero attached hydrogens (tertiary/aromatic N) is 5. The van der Waals surface area contributed by atoms with Gasteiger partial charge in [0.15, 0.2) is 0 Å². The van der Waals surface area contributed by atoms with Gasteiger partial charge in [-0.3, -0.25) is 4.90 Å². The zero-order valence-electron chi connectivity index (χ0n) is 15.4. The standard InChI is InChI=1S/C20H25N5S/c1-3-25-19(21-15-22-25)13-24-11-9-20(10-12-24,17-7-5-4-6-8-17)18-14-26-16(2)23-18/h4-8,14-15H,3,9-13H2,1-2H3. The SMILES string of the molecule is CCn1ncnc1CN1CCC(c2ccccc2)(c2csc(C)n2)CC1. The summed E-state index contributed by atoms with van der Waals surface area (Å²) < 4.78 is 1.99. The highest BCUT2D eigenvalue weighted by molar-refractivity contribution is 7.09. The second kappa shape index (κ2) is 7.29. The van der Waals surface area contributed by atoms with Gasteiger partial charge in [-0.15, -0.1) is 11.3 Å². The fourth-order valence-electron chi connectivity index (χ4n) is 4.00. The first-order valence-electron chi connectivity index (χ1n) is 9.28. The number of likely N-dealkylation sites (tertiary alicyclic amines) is 1. The fourth-order valence-corrected chi connectivity index (χ4v) is 4.71. The molecule has 0 unspecified atom stereocenters. The van der Waals surface area contributed by atoms with Gasteiger partial charge in [0.05, 0.1) is 17.2 Å². The Morgan fingerprint density at radius 3 is 2.58 bits per heavy atom. The predicted molar refractivity (Wildman–Crippen MR) is 104 cm³/mol. The van der Waals surface area contributed by atoms with Crippen LogP contribution in [0.4, 0.5) is 0 Å². The zero-order chi connectivity index (χ0) is 18.0. The van der Waals surface area contributed by atoms with E-state index in [-0.39, 0.29) is 5.41 Å². The average Bonchev–Trinajstić information content (AvgIpc) is 3.32. The molecule has 3 aromatic rings. The highest BCUT2D eigenvalue weighted by Gasteiger charge is 2.39. The fraction of sp³-hybridized carbons (Fsp3) is 0.450. The lowest BCUT2D eigenvalue weighted by Crippen LogP contribution is -2.43. The van der Waals surface area contributed by atoms with Gasteiger partial charge in [0.25, 0.3) is 0 Å². The van der Waals surface area contributed by atoms with E-state index in [1.54, 1.807) is 17.7 Å².